The average Bonchev–Trinajstić information content (AvgIpc) is 2.34. The van der Waals surface area contributed by atoms with E-state index >= 15 is 0 Å². The topological polar surface area (TPSA) is 54.0 Å². The molecule has 2 heterocycles. The van der Waals surface area contributed by atoms with Crippen molar-refractivity contribution in [2.45, 2.75) is 19.4 Å². The van der Waals surface area contributed by atoms with E-state index in [0.717, 1.165) is 29.4 Å². The first-order valence-corrected chi connectivity index (χ1v) is 7.42. The molecule has 98 valence electrons. The number of hydrogen-bond acceptors (Lipinski definition) is 4. The van der Waals surface area contributed by atoms with Crippen LogP contribution in [0.4, 0.5) is 5.69 Å². The number of carbonyl (C=O) groups excluding carboxylic acids is 1. The Kier molecular flexibility index (Phi) is 4.86. The van der Waals surface area contributed by atoms with Crippen molar-refractivity contribution in [1.29, 1.82) is 0 Å². The number of aryl methyl sites for hydroxylation is 1. The van der Waals surface area contributed by atoms with Crippen molar-refractivity contribution < 1.29 is 4.79 Å². The predicted molar refractivity (Wildman–Crippen MR) is 76.3 cm³/mol. The van der Waals surface area contributed by atoms with E-state index in [1.165, 1.54) is 0 Å². The van der Waals surface area contributed by atoms with Crippen LogP contribution < -0.4 is 10.6 Å². The summed E-state index contributed by atoms with van der Waals surface area (Å²) in [6.45, 7) is 2.81. The van der Waals surface area contributed by atoms with E-state index in [1.54, 1.807) is 12.1 Å². The fraction of sp³-hybridized carbons (Fsp3) is 0.500. The van der Waals surface area contributed by atoms with E-state index < -0.39 is 0 Å². The second-order valence-corrected chi connectivity index (χ2v) is 5.78. The number of anilines is 1. The van der Waals surface area contributed by atoms with Gasteiger partial charge in [0, 0.05) is 30.5 Å². The normalized spacial score (nSPS) is 19.6. The Hall–Kier alpha value is -0.780. The minimum Gasteiger partial charge on any atom is -0.324 e. The lowest BCUT2D eigenvalue weighted by Gasteiger charge is -2.22. The maximum Gasteiger partial charge on any atom is 0.226 e. The molecule has 0 aliphatic carbocycles. The Morgan fingerprint density at radius 3 is 3.17 bits per heavy atom. The molecule has 0 aromatic carbocycles. The van der Waals surface area contributed by atoms with Crippen molar-refractivity contribution >= 4 is 35.0 Å². The summed E-state index contributed by atoms with van der Waals surface area (Å²) in [5, 5.41) is 6.66. The number of nitrogens with one attached hydrogen (secondary N) is 2. The van der Waals surface area contributed by atoms with Crippen molar-refractivity contribution in [2.24, 2.45) is 0 Å². The average molecular weight is 286 g/mol. The van der Waals surface area contributed by atoms with Crippen LogP contribution in [-0.4, -0.2) is 35.0 Å². The molecular weight excluding hydrogens is 270 g/mol. The number of amides is 1. The van der Waals surface area contributed by atoms with Gasteiger partial charge < -0.3 is 10.6 Å². The van der Waals surface area contributed by atoms with Crippen LogP contribution in [0.25, 0.3) is 0 Å². The van der Waals surface area contributed by atoms with Gasteiger partial charge in [-0.3, -0.25) is 4.79 Å². The first-order chi connectivity index (χ1) is 8.65. The fourth-order valence-corrected chi connectivity index (χ4v) is 2.98. The third-order valence-electron chi connectivity index (χ3n) is 2.76. The summed E-state index contributed by atoms with van der Waals surface area (Å²) in [4.78, 5) is 16.0. The van der Waals surface area contributed by atoms with Gasteiger partial charge in [0.1, 0.15) is 5.15 Å². The summed E-state index contributed by atoms with van der Waals surface area (Å²) in [7, 11) is 0. The summed E-state index contributed by atoms with van der Waals surface area (Å²) >= 11 is 7.66. The Balaban J connectivity index is 1.90. The number of hydrogen-bond donors (Lipinski definition) is 2. The number of thioether (sulfide) groups is 1. The van der Waals surface area contributed by atoms with Crippen LogP contribution in [-0.2, 0) is 4.79 Å². The predicted octanol–water partition coefficient (Wildman–Crippen LogP) is 2.08. The molecular formula is C12H16ClN3OS. The molecule has 18 heavy (non-hydrogen) atoms. The molecule has 1 aliphatic rings. The maximum atomic E-state index is 11.9. The molecule has 2 rings (SSSR count). The third kappa shape index (κ3) is 3.86. The van der Waals surface area contributed by atoms with E-state index in [-0.39, 0.29) is 11.9 Å². The van der Waals surface area contributed by atoms with Crippen molar-refractivity contribution in [1.82, 2.24) is 10.3 Å². The van der Waals surface area contributed by atoms with Gasteiger partial charge in [0.15, 0.2) is 0 Å². The number of rotatable bonds is 3. The summed E-state index contributed by atoms with van der Waals surface area (Å²) in [5.74, 6) is 2.13. The van der Waals surface area contributed by atoms with Gasteiger partial charge in [-0.25, -0.2) is 4.98 Å². The van der Waals surface area contributed by atoms with E-state index in [1.807, 2.05) is 18.7 Å². The van der Waals surface area contributed by atoms with Gasteiger partial charge in [-0.05, 0) is 19.1 Å². The van der Waals surface area contributed by atoms with Gasteiger partial charge in [0.25, 0.3) is 0 Å². The molecule has 1 aromatic rings. The van der Waals surface area contributed by atoms with Crippen LogP contribution in [0.1, 0.15) is 12.1 Å². The van der Waals surface area contributed by atoms with Gasteiger partial charge in [-0.2, -0.15) is 11.8 Å². The van der Waals surface area contributed by atoms with Crippen molar-refractivity contribution in [3.63, 3.8) is 0 Å². The molecule has 0 radical (unpaired) electrons. The smallest absolute Gasteiger partial charge is 0.226 e. The monoisotopic (exact) mass is 285 g/mol. The van der Waals surface area contributed by atoms with E-state index in [2.05, 4.69) is 15.6 Å². The lowest BCUT2D eigenvalue weighted by molar-refractivity contribution is -0.116. The maximum absolute atomic E-state index is 11.9. The summed E-state index contributed by atoms with van der Waals surface area (Å²) in [6.07, 6.45) is 0.495. The van der Waals surface area contributed by atoms with E-state index in [4.69, 9.17) is 11.6 Å². The SMILES string of the molecule is Cc1nc(Cl)ccc1NC(=O)CC1CSCCN1. The van der Waals surface area contributed by atoms with Gasteiger partial charge in [0.05, 0.1) is 11.4 Å². The molecule has 1 amide bonds. The van der Waals surface area contributed by atoms with Crippen LogP contribution in [0, 0.1) is 6.92 Å². The first kappa shape index (κ1) is 13.6. The zero-order chi connectivity index (χ0) is 13.0. The summed E-state index contributed by atoms with van der Waals surface area (Å²) in [6, 6.07) is 3.73. The molecule has 1 fully saturated rings. The van der Waals surface area contributed by atoms with Crippen molar-refractivity contribution in [3.8, 4) is 0 Å². The highest BCUT2D eigenvalue weighted by Crippen LogP contribution is 2.17. The highest BCUT2D eigenvalue weighted by Gasteiger charge is 2.17. The summed E-state index contributed by atoms with van der Waals surface area (Å²) < 4.78 is 0. The number of carbonyl (C=O) groups is 1. The second kappa shape index (κ2) is 6.41. The van der Waals surface area contributed by atoms with Gasteiger partial charge in [-0.1, -0.05) is 11.6 Å². The number of halogens is 1. The molecule has 1 saturated heterocycles. The van der Waals surface area contributed by atoms with Crippen LogP contribution in [0.3, 0.4) is 0 Å². The van der Waals surface area contributed by atoms with E-state index in [9.17, 15) is 4.79 Å². The molecule has 0 spiro atoms. The lowest BCUT2D eigenvalue weighted by Crippen LogP contribution is -2.39. The third-order valence-corrected chi connectivity index (χ3v) is 4.10. The number of pyridine rings is 1. The highest BCUT2D eigenvalue weighted by molar-refractivity contribution is 7.99. The van der Waals surface area contributed by atoms with E-state index in [0.29, 0.717) is 11.6 Å². The number of nitrogens with zero attached hydrogens (tertiary/aromatic N) is 1. The Labute approximate surface area is 116 Å². The highest BCUT2D eigenvalue weighted by atomic mass is 35.5. The Morgan fingerprint density at radius 2 is 2.50 bits per heavy atom. The second-order valence-electron chi connectivity index (χ2n) is 4.25. The quantitative estimate of drug-likeness (QED) is 0.835. The molecule has 0 saturated carbocycles. The Morgan fingerprint density at radius 1 is 1.67 bits per heavy atom. The van der Waals surface area contributed by atoms with Gasteiger partial charge in [-0.15, -0.1) is 0 Å². The molecule has 6 heteroatoms. The van der Waals surface area contributed by atoms with Crippen LogP contribution in [0.2, 0.25) is 5.15 Å². The van der Waals surface area contributed by atoms with Gasteiger partial charge in [0.2, 0.25) is 5.91 Å². The zero-order valence-corrected chi connectivity index (χ0v) is 11.8. The van der Waals surface area contributed by atoms with Crippen LogP contribution >= 0.6 is 23.4 Å². The summed E-state index contributed by atoms with van der Waals surface area (Å²) in [5.41, 5.74) is 1.47. The zero-order valence-electron chi connectivity index (χ0n) is 10.2. The van der Waals surface area contributed by atoms with Crippen molar-refractivity contribution in [3.05, 3.63) is 23.0 Å². The molecule has 1 aromatic heterocycles. The standard InChI is InChI=1S/C12H16ClN3OS/c1-8-10(2-3-11(13)15-8)16-12(17)6-9-7-18-5-4-14-9/h2-3,9,14H,4-7H2,1H3,(H,16,17). The lowest BCUT2D eigenvalue weighted by atomic mass is 10.2. The molecule has 1 unspecified atom stereocenters. The minimum atomic E-state index is 0.0159. The molecule has 1 atom stereocenters. The molecule has 2 N–H and O–H groups in total. The Bertz CT molecular complexity index is 435. The largest absolute Gasteiger partial charge is 0.324 e. The van der Waals surface area contributed by atoms with Crippen LogP contribution in [0.15, 0.2) is 12.1 Å². The van der Waals surface area contributed by atoms with Crippen molar-refractivity contribution in [2.75, 3.05) is 23.4 Å². The van der Waals surface area contributed by atoms with Crippen LogP contribution in [0.5, 0.6) is 0 Å². The van der Waals surface area contributed by atoms with Gasteiger partial charge >= 0.3 is 0 Å². The minimum absolute atomic E-state index is 0.0159. The fourth-order valence-electron chi connectivity index (χ4n) is 1.84. The molecule has 0 bridgehead atoms. The first-order valence-electron chi connectivity index (χ1n) is 5.89. The molecule has 1 aliphatic heterocycles. The molecule has 4 nitrogen and oxygen atoms in total. The number of aromatic nitrogens is 1.